The Kier molecular flexibility index (Phi) is 4.72. The monoisotopic (exact) mass is 253 g/mol. The third-order valence-electron chi connectivity index (χ3n) is 2.11. The smallest absolute Gasteiger partial charge is 0.326 e. The van der Waals surface area contributed by atoms with Crippen LogP contribution in [0.5, 0.6) is 0 Å². The van der Waals surface area contributed by atoms with Crippen LogP contribution in [-0.2, 0) is 4.79 Å². The van der Waals surface area contributed by atoms with Gasteiger partial charge in [-0.3, -0.25) is 4.79 Å². The van der Waals surface area contributed by atoms with Gasteiger partial charge in [-0.05, 0) is 30.7 Å². The number of halogens is 1. The first-order valence-electron chi connectivity index (χ1n) is 4.94. The molecule has 0 bridgehead atoms. The van der Waals surface area contributed by atoms with E-state index in [1.807, 2.05) is 0 Å². The molecule has 2 N–H and O–H groups in total. The number of amides is 1. The summed E-state index contributed by atoms with van der Waals surface area (Å²) < 4.78 is 0. The number of carbonyl (C=O) groups is 2. The lowest BCUT2D eigenvalue weighted by Gasteiger charge is -2.12. The summed E-state index contributed by atoms with van der Waals surface area (Å²) in [6, 6.07) is 5.24. The Bertz CT molecular complexity index is 428. The highest BCUT2D eigenvalue weighted by molar-refractivity contribution is 6.30. The molecule has 1 amide bonds. The van der Waals surface area contributed by atoms with Crippen LogP contribution in [-0.4, -0.2) is 23.0 Å². The molecule has 0 saturated carbocycles. The van der Waals surface area contributed by atoms with Crippen molar-refractivity contribution in [2.45, 2.75) is 12.5 Å². The molecule has 0 aliphatic carbocycles. The van der Waals surface area contributed by atoms with Gasteiger partial charge in [0.2, 0.25) is 0 Å². The predicted octanol–water partition coefficient (Wildman–Crippen LogP) is 2.10. The molecule has 90 valence electrons. The van der Waals surface area contributed by atoms with Crippen molar-refractivity contribution in [1.29, 1.82) is 0 Å². The van der Waals surface area contributed by atoms with Crippen molar-refractivity contribution in [3.05, 3.63) is 47.5 Å². The number of hydrogen-bond acceptors (Lipinski definition) is 2. The number of benzene rings is 1. The minimum absolute atomic E-state index is 0.175. The van der Waals surface area contributed by atoms with E-state index in [1.165, 1.54) is 18.2 Å². The molecule has 1 aromatic rings. The fraction of sp³-hybridized carbons (Fsp3) is 0.167. The van der Waals surface area contributed by atoms with Gasteiger partial charge in [0.05, 0.1) is 0 Å². The van der Waals surface area contributed by atoms with E-state index in [0.29, 0.717) is 10.6 Å². The molecule has 0 aliphatic heterocycles. The summed E-state index contributed by atoms with van der Waals surface area (Å²) in [6.07, 6.45) is 1.62. The molecular weight excluding hydrogens is 242 g/mol. The van der Waals surface area contributed by atoms with Gasteiger partial charge < -0.3 is 10.4 Å². The Morgan fingerprint density at radius 3 is 2.47 bits per heavy atom. The molecule has 17 heavy (non-hydrogen) atoms. The van der Waals surface area contributed by atoms with Crippen molar-refractivity contribution >= 4 is 23.5 Å². The van der Waals surface area contributed by atoms with Crippen molar-refractivity contribution < 1.29 is 14.7 Å². The summed E-state index contributed by atoms with van der Waals surface area (Å²) in [6.45, 7) is 3.44. The lowest BCUT2D eigenvalue weighted by molar-refractivity contribution is -0.139. The van der Waals surface area contributed by atoms with Crippen molar-refractivity contribution in [2.24, 2.45) is 0 Å². The van der Waals surface area contributed by atoms with Crippen LogP contribution in [0.1, 0.15) is 16.8 Å². The van der Waals surface area contributed by atoms with Gasteiger partial charge in [0.15, 0.2) is 0 Å². The van der Waals surface area contributed by atoms with Gasteiger partial charge >= 0.3 is 5.97 Å². The third kappa shape index (κ3) is 3.92. The Morgan fingerprint density at radius 1 is 1.41 bits per heavy atom. The van der Waals surface area contributed by atoms with E-state index >= 15 is 0 Å². The van der Waals surface area contributed by atoms with Gasteiger partial charge in [0.1, 0.15) is 6.04 Å². The fourth-order valence-corrected chi connectivity index (χ4v) is 1.36. The van der Waals surface area contributed by atoms with E-state index in [4.69, 9.17) is 16.7 Å². The quantitative estimate of drug-likeness (QED) is 0.790. The molecule has 0 aliphatic rings. The number of rotatable bonds is 5. The normalized spacial score (nSPS) is 11.6. The van der Waals surface area contributed by atoms with Gasteiger partial charge in [0, 0.05) is 10.6 Å². The van der Waals surface area contributed by atoms with Gasteiger partial charge in [-0.1, -0.05) is 17.7 Å². The molecule has 4 nitrogen and oxygen atoms in total. The van der Waals surface area contributed by atoms with Crippen LogP contribution in [0, 0.1) is 0 Å². The summed E-state index contributed by atoms with van der Waals surface area (Å²) in [5.41, 5.74) is 0.365. The molecule has 5 heteroatoms. The highest BCUT2D eigenvalue weighted by Crippen LogP contribution is 2.09. The standard InChI is InChI=1S/C12H12ClNO3/c1-2-3-10(12(16)17)14-11(15)8-4-6-9(13)7-5-8/h2,4-7,10H,1,3H2,(H,14,15)(H,16,17)/t10-/m1/s1. The maximum Gasteiger partial charge on any atom is 0.326 e. The van der Waals surface area contributed by atoms with Gasteiger partial charge in [-0.15, -0.1) is 6.58 Å². The lowest BCUT2D eigenvalue weighted by atomic mass is 10.1. The number of carboxylic acid groups (broad SMARTS) is 1. The highest BCUT2D eigenvalue weighted by atomic mass is 35.5. The minimum Gasteiger partial charge on any atom is -0.480 e. The maximum absolute atomic E-state index is 11.7. The van der Waals surface area contributed by atoms with Crippen LogP contribution in [0.2, 0.25) is 5.02 Å². The first-order chi connectivity index (χ1) is 8.04. The largest absolute Gasteiger partial charge is 0.480 e. The van der Waals surface area contributed by atoms with Crippen LogP contribution in [0.4, 0.5) is 0 Å². The molecule has 1 rings (SSSR count). The van der Waals surface area contributed by atoms with E-state index in [9.17, 15) is 9.59 Å². The Balaban J connectivity index is 2.73. The zero-order chi connectivity index (χ0) is 12.8. The van der Waals surface area contributed by atoms with Crippen molar-refractivity contribution in [3.63, 3.8) is 0 Å². The molecule has 0 aromatic heterocycles. The van der Waals surface area contributed by atoms with E-state index in [-0.39, 0.29) is 6.42 Å². The number of nitrogens with one attached hydrogen (secondary N) is 1. The molecule has 0 spiro atoms. The SMILES string of the molecule is C=CC[C@@H](NC(=O)c1ccc(Cl)cc1)C(=O)O. The summed E-state index contributed by atoms with van der Waals surface area (Å²) in [5.74, 6) is -1.54. The average molecular weight is 254 g/mol. The molecular formula is C12H12ClNO3. The maximum atomic E-state index is 11.7. The van der Waals surface area contributed by atoms with Gasteiger partial charge in [-0.2, -0.15) is 0 Å². The van der Waals surface area contributed by atoms with Crippen molar-refractivity contribution in [2.75, 3.05) is 0 Å². The Morgan fingerprint density at radius 2 is 2.00 bits per heavy atom. The minimum atomic E-state index is -1.09. The summed E-state index contributed by atoms with van der Waals surface area (Å²) in [4.78, 5) is 22.5. The topological polar surface area (TPSA) is 66.4 Å². The second-order valence-electron chi connectivity index (χ2n) is 3.40. The third-order valence-corrected chi connectivity index (χ3v) is 2.36. The average Bonchev–Trinajstić information content (AvgIpc) is 2.29. The van der Waals surface area contributed by atoms with E-state index in [0.717, 1.165) is 0 Å². The number of hydrogen-bond donors (Lipinski definition) is 2. The second-order valence-corrected chi connectivity index (χ2v) is 3.83. The molecule has 0 radical (unpaired) electrons. The molecule has 0 unspecified atom stereocenters. The van der Waals surface area contributed by atoms with Crippen LogP contribution in [0.25, 0.3) is 0 Å². The van der Waals surface area contributed by atoms with Crippen LogP contribution >= 0.6 is 11.6 Å². The van der Waals surface area contributed by atoms with Crippen LogP contribution in [0.3, 0.4) is 0 Å². The highest BCUT2D eigenvalue weighted by Gasteiger charge is 2.18. The zero-order valence-corrected chi connectivity index (χ0v) is 9.78. The van der Waals surface area contributed by atoms with Gasteiger partial charge in [-0.25, -0.2) is 4.79 Å². The number of carboxylic acids is 1. The van der Waals surface area contributed by atoms with Crippen LogP contribution in [0.15, 0.2) is 36.9 Å². The lowest BCUT2D eigenvalue weighted by Crippen LogP contribution is -2.40. The summed E-state index contributed by atoms with van der Waals surface area (Å²) >= 11 is 5.68. The number of carbonyl (C=O) groups excluding carboxylic acids is 1. The number of aliphatic carboxylic acids is 1. The van der Waals surface area contributed by atoms with Gasteiger partial charge in [0.25, 0.3) is 5.91 Å². The predicted molar refractivity (Wildman–Crippen MR) is 65.2 cm³/mol. The first kappa shape index (κ1) is 13.3. The van der Waals surface area contributed by atoms with Crippen molar-refractivity contribution in [3.8, 4) is 0 Å². The first-order valence-corrected chi connectivity index (χ1v) is 5.32. The van der Waals surface area contributed by atoms with Crippen LogP contribution < -0.4 is 5.32 Å². The summed E-state index contributed by atoms with van der Waals surface area (Å²) in [7, 11) is 0. The molecule has 0 fully saturated rings. The van der Waals surface area contributed by atoms with E-state index < -0.39 is 17.9 Å². The van der Waals surface area contributed by atoms with Crippen molar-refractivity contribution in [1.82, 2.24) is 5.32 Å². The Hall–Kier alpha value is -1.81. The summed E-state index contributed by atoms with van der Waals surface area (Å²) in [5, 5.41) is 11.8. The molecule has 0 saturated heterocycles. The fourth-order valence-electron chi connectivity index (χ4n) is 1.23. The molecule has 1 atom stereocenters. The zero-order valence-electron chi connectivity index (χ0n) is 9.02. The Labute approximate surface area is 104 Å². The van der Waals surface area contributed by atoms with E-state index in [1.54, 1.807) is 12.1 Å². The molecule has 0 heterocycles. The van der Waals surface area contributed by atoms with E-state index in [2.05, 4.69) is 11.9 Å². The molecule has 1 aromatic carbocycles. The second kappa shape index (κ2) is 6.06.